The molecule has 1 amide bonds. The van der Waals surface area contributed by atoms with Gasteiger partial charge in [0.2, 0.25) is 0 Å². The van der Waals surface area contributed by atoms with E-state index in [1.54, 1.807) is 23.1 Å². The summed E-state index contributed by atoms with van der Waals surface area (Å²) in [5.74, 6) is -0.677. The number of benzene rings is 1. The van der Waals surface area contributed by atoms with E-state index in [-0.39, 0.29) is 29.4 Å². The Morgan fingerprint density at radius 2 is 1.96 bits per heavy atom. The lowest BCUT2D eigenvalue weighted by molar-refractivity contribution is -0.137. The molecule has 27 heavy (non-hydrogen) atoms. The molecule has 0 spiro atoms. The molecule has 0 unspecified atom stereocenters. The van der Waals surface area contributed by atoms with Crippen molar-refractivity contribution >= 4 is 27.4 Å². The Kier molecular flexibility index (Phi) is 6.86. The standard InChI is InChI=1S/C19H28N2O5S/c1-14(2)11-21(17-8-9-27(24,25)13-17)18(22)12-26-19(23)15-6-5-7-16(10-15)20(3)4/h5-7,10,14,17H,8-9,11-13H2,1-4H3/t17-/m0/s1. The minimum Gasteiger partial charge on any atom is -0.452 e. The fourth-order valence-electron chi connectivity index (χ4n) is 3.07. The van der Waals surface area contributed by atoms with Crippen LogP contribution in [0.4, 0.5) is 5.69 Å². The Labute approximate surface area is 161 Å². The van der Waals surface area contributed by atoms with E-state index >= 15 is 0 Å². The van der Waals surface area contributed by atoms with Gasteiger partial charge in [-0.05, 0) is 30.5 Å². The number of hydrogen-bond acceptors (Lipinski definition) is 6. The number of amides is 1. The number of esters is 1. The van der Waals surface area contributed by atoms with Crippen LogP contribution in [-0.4, -0.2) is 70.0 Å². The van der Waals surface area contributed by atoms with Crippen molar-refractivity contribution in [3.05, 3.63) is 29.8 Å². The molecule has 0 bridgehead atoms. The molecule has 0 N–H and O–H groups in total. The van der Waals surface area contributed by atoms with Gasteiger partial charge in [0.05, 0.1) is 17.1 Å². The lowest BCUT2D eigenvalue weighted by Crippen LogP contribution is -2.45. The van der Waals surface area contributed by atoms with Gasteiger partial charge in [0.15, 0.2) is 16.4 Å². The summed E-state index contributed by atoms with van der Waals surface area (Å²) >= 11 is 0. The van der Waals surface area contributed by atoms with Crippen molar-refractivity contribution in [2.45, 2.75) is 26.3 Å². The van der Waals surface area contributed by atoms with Crippen LogP contribution in [0, 0.1) is 5.92 Å². The van der Waals surface area contributed by atoms with E-state index in [2.05, 4.69) is 0 Å². The number of carbonyl (C=O) groups is 2. The van der Waals surface area contributed by atoms with E-state index in [0.29, 0.717) is 18.5 Å². The van der Waals surface area contributed by atoms with Gasteiger partial charge in [-0.1, -0.05) is 19.9 Å². The summed E-state index contributed by atoms with van der Waals surface area (Å²) in [4.78, 5) is 28.3. The van der Waals surface area contributed by atoms with Crippen LogP contribution in [0.5, 0.6) is 0 Å². The smallest absolute Gasteiger partial charge is 0.338 e. The average molecular weight is 397 g/mol. The van der Waals surface area contributed by atoms with Crippen molar-refractivity contribution < 1.29 is 22.7 Å². The Balaban J connectivity index is 2.02. The molecule has 2 rings (SSSR count). The van der Waals surface area contributed by atoms with E-state index < -0.39 is 22.4 Å². The summed E-state index contributed by atoms with van der Waals surface area (Å²) in [7, 11) is 0.634. The van der Waals surface area contributed by atoms with Crippen LogP contribution < -0.4 is 4.90 Å². The summed E-state index contributed by atoms with van der Waals surface area (Å²) in [5.41, 5.74) is 1.22. The molecular weight excluding hydrogens is 368 g/mol. The Morgan fingerprint density at radius 1 is 1.26 bits per heavy atom. The van der Waals surface area contributed by atoms with Crippen LogP contribution in [0.25, 0.3) is 0 Å². The second-order valence-electron chi connectivity index (χ2n) is 7.52. The zero-order valence-corrected chi connectivity index (χ0v) is 17.2. The zero-order chi connectivity index (χ0) is 20.2. The van der Waals surface area contributed by atoms with Crippen molar-refractivity contribution in [1.82, 2.24) is 4.90 Å². The van der Waals surface area contributed by atoms with Crippen molar-refractivity contribution in [3.8, 4) is 0 Å². The van der Waals surface area contributed by atoms with E-state index in [9.17, 15) is 18.0 Å². The normalized spacial score (nSPS) is 18.3. The molecule has 1 heterocycles. The Morgan fingerprint density at radius 3 is 2.52 bits per heavy atom. The maximum absolute atomic E-state index is 12.6. The molecule has 0 aromatic heterocycles. The van der Waals surface area contributed by atoms with E-state index in [0.717, 1.165) is 5.69 Å². The number of carbonyl (C=O) groups excluding carboxylic acids is 2. The molecule has 1 fully saturated rings. The first kappa shape index (κ1) is 21.2. The molecular formula is C19H28N2O5S. The zero-order valence-electron chi connectivity index (χ0n) is 16.3. The first-order chi connectivity index (χ1) is 12.6. The molecule has 1 aliphatic rings. The van der Waals surface area contributed by atoms with E-state index in [1.165, 1.54) is 0 Å². The highest BCUT2D eigenvalue weighted by Gasteiger charge is 2.35. The Bertz CT molecular complexity index is 789. The van der Waals surface area contributed by atoms with Gasteiger partial charge in [-0.2, -0.15) is 0 Å². The van der Waals surface area contributed by atoms with Crippen LogP contribution >= 0.6 is 0 Å². The summed E-state index contributed by atoms with van der Waals surface area (Å²) in [5, 5.41) is 0. The van der Waals surface area contributed by atoms with Crippen LogP contribution in [0.2, 0.25) is 0 Å². The van der Waals surface area contributed by atoms with Crippen LogP contribution in [0.3, 0.4) is 0 Å². The van der Waals surface area contributed by atoms with Gasteiger partial charge in [-0.15, -0.1) is 0 Å². The molecule has 7 nitrogen and oxygen atoms in total. The van der Waals surface area contributed by atoms with Crippen molar-refractivity contribution in [1.29, 1.82) is 0 Å². The maximum Gasteiger partial charge on any atom is 0.338 e. The maximum atomic E-state index is 12.6. The number of rotatable bonds is 7. The van der Waals surface area contributed by atoms with Gasteiger partial charge in [-0.3, -0.25) is 4.79 Å². The lowest BCUT2D eigenvalue weighted by atomic mass is 10.1. The molecule has 1 aromatic rings. The highest BCUT2D eigenvalue weighted by Crippen LogP contribution is 2.20. The topological polar surface area (TPSA) is 84.0 Å². The van der Waals surface area contributed by atoms with Gasteiger partial charge in [0.1, 0.15) is 0 Å². The molecule has 150 valence electrons. The summed E-state index contributed by atoms with van der Waals surface area (Å²) in [6, 6.07) is 6.60. The third-order valence-electron chi connectivity index (χ3n) is 4.46. The van der Waals surface area contributed by atoms with Gasteiger partial charge in [-0.25, -0.2) is 13.2 Å². The molecule has 1 aromatic carbocycles. The first-order valence-electron chi connectivity index (χ1n) is 9.03. The summed E-state index contributed by atoms with van der Waals surface area (Å²) < 4.78 is 28.7. The predicted octanol–water partition coefficient (Wildman–Crippen LogP) is 1.58. The van der Waals surface area contributed by atoms with Crippen molar-refractivity contribution in [3.63, 3.8) is 0 Å². The van der Waals surface area contributed by atoms with Gasteiger partial charge >= 0.3 is 5.97 Å². The second-order valence-corrected chi connectivity index (χ2v) is 9.75. The minimum atomic E-state index is -3.10. The molecule has 1 aliphatic heterocycles. The number of anilines is 1. The highest BCUT2D eigenvalue weighted by molar-refractivity contribution is 7.91. The highest BCUT2D eigenvalue weighted by atomic mass is 32.2. The summed E-state index contributed by atoms with van der Waals surface area (Å²) in [6.45, 7) is 3.96. The fourth-order valence-corrected chi connectivity index (χ4v) is 4.80. The monoisotopic (exact) mass is 396 g/mol. The molecule has 1 saturated heterocycles. The van der Waals surface area contributed by atoms with Crippen molar-refractivity contribution in [2.24, 2.45) is 5.92 Å². The van der Waals surface area contributed by atoms with Crippen molar-refractivity contribution in [2.75, 3.05) is 43.7 Å². The molecule has 1 atom stereocenters. The van der Waals surface area contributed by atoms with Crippen LogP contribution in [0.15, 0.2) is 24.3 Å². The van der Waals surface area contributed by atoms with Crippen LogP contribution in [-0.2, 0) is 19.4 Å². The SMILES string of the molecule is CC(C)CN(C(=O)COC(=O)c1cccc(N(C)C)c1)[C@H]1CCS(=O)(=O)C1. The quantitative estimate of drug-likeness (QED) is 0.651. The molecule has 8 heteroatoms. The van der Waals surface area contributed by atoms with Crippen LogP contribution in [0.1, 0.15) is 30.6 Å². The number of nitrogens with zero attached hydrogens (tertiary/aromatic N) is 2. The van der Waals surface area contributed by atoms with Gasteiger partial charge in [0, 0.05) is 32.4 Å². The lowest BCUT2D eigenvalue weighted by Gasteiger charge is -2.29. The Hall–Kier alpha value is -2.09. The second kappa shape index (κ2) is 8.73. The third kappa shape index (κ3) is 5.95. The van der Waals surface area contributed by atoms with Gasteiger partial charge < -0.3 is 14.5 Å². The molecule has 0 saturated carbocycles. The number of hydrogen-bond donors (Lipinski definition) is 0. The number of sulfone groups is 1. The third-order valence-corrected chi connectivity index (χ3v) is 6.21. The van der Waals surface area contributed by atoms with E-state index in [1.807, 2.05) is 38.9 Å². The molecule has 0 radical (unpaired) electrons. The molecule has 0 aliphatic carbocycles. The fraction of sp³-hybridized carbons (Fsp3) is 0.579. The average Bonchev–Trinajstić information content (AvgIpc) is 2.96. The number of ether oxygens (including phenoxy) is 1. The minimum absolute atomic E-state index is 0.0235. The predicted molar refractivity (Wildman–Crippen MR) is 105 cm³/mol. The first-order valence-corrected chi connectivity index (χ1v) is 10.9. The summed E-state index contributed by atoms with van der Waals surface area (Å²) in [6.07, 6.45) is 0.430. The van der Waals surface area contributed by atoms with E-state index in [4.69, 9.17) is 4.74 Å². The largest absolute Gasteiger partial charge is 0.452 e. The van der Waals surface area contributed by atoms with Gasteiger partial charge in [0.25, 0.3) is 5.91 Å².